The van der Waals surface area contributed by atoms with Crippen molar-refractivity contribution in [1.29, 1.82) is 0 Å². The Morgan fingerprint density at radius 3 is 2.86 bits per heavy atom. The minimum absolute atomic E-state index is 0.0161. The van der Waals surface area contributed by atoms with E-state index in [2.05, 4.69) is 18.7 Å². The van der Waals surface area contributed by atoms with Gasteiger partial charge in [-0.3, -0.25) is 4.79 Å². The zero-order valence-electron chi connectivity index (χ0n) is 13.8. The highest BCUT2D eigenvalue weighted by molar-refractivity contribution is 5.94. The molecule has 122 valence electrons. The molecule has 4 nitrogen and oxygen atoms in total. The van der Waals surface area contributed by atoms with Gasteiger partial charge in [0.15, 0.2) is 5.78 Å². The fourth-order valence-electron chi connectivity index (χ4n) is 2.86. The molecule has 1 aliphatic rings. The number of aliphatic hydroxyl groups excluding tert-OH is 1. The Morgan fingerprint density at radius 2 is 2.18 bits per heavy atom. The highest BCUT2D eigenvalue weighted by Gasteiger charge is 2.24. The van der Waals surface area contributed by atoms with Gasteiger partial charge in [0.05, 0.1) is 0 Å². The van der Waals surface area contributed by atoms with E-state index in [1.54, 1.807) is 18.2 Å². The molecular formula is C18H27NO3. The maximum Gasteiger partial charge on any atom is 0.159 e. The largest absolute Gasteiger partial charge is 0.491 e. The molecule has 1 fully saturated rings. The molecule has 1 aromatic rings. The van der Waals surface area contributed by atoms with Crippen LogP contribution in [0.2, 0.25) is 0 Å². The Balaban J connectivity index is 1.79. The number of ether oxygens (including phenoxy) is 1. The number of carbonyl (C=O) groups is 1. The summed E-state index contributed by atoms with van der Waals surface area (Å²) in [7, 11) is 0. The first kappa shape index (κ1) is 17.0. The Bertz CT molecular complexity index is 503. The fourth-order valence-corrected chi connectivity index (χ4v) is 2.86. The molecule has 0 bridgehead atoms. The average Bonchev–Trinajstić information content (AvgIpc) is 2.49. The molecule has 2 rings (SSSR count). The number of β-amino-alcohol motifs (C(OH)–C–C–N with tert-alkyl or cyclic N) is 1. The van der Waals surface area contributed by atoms with Crippen LogP contribution in [0.5, 0.6) is 5.75 Å². The lowest BCUT2D eigenvalue weighted by Crippen LogP contribution is -2.43. The van der Waals surface area contributed by atoms with Crippen molar-refractivity contribution in [2.75, 3.05) is 26.2 Å². The van der Waals surface area contributed by atoms with Crippen LogP contribution in [0.4, 0.5) is 0 Å². The standard InChI is InChI=1S/C18H27NO3/c1-13-7-8-19(10-14(13)2)11-17(21)12-22-18-6-4-5-16(9-18)15(3)20/h4-6,9,13-14,17,21H,7-8,10-12H2,1-3H3. The smallest absolute Gasteiger partial charge is 0.159 e. The van der Waals surface area contributed by atoms with Crippen LogP contribution in [-0.4, -0.2) is 48.1 Å². The number of rotatable bonds is 6. The van der Waals surface area contributed by atoms with Gasteiger partial charge >= 0.3 is 0 Å². The molecule has 0 spiro atoms. The van der Waals surface area contributed by atoms with Crippen molar-refractivity contribution >= 4 is 5.78 Å². The summed E-state index contributed by atoms with van der Waals surface area (Å²) in [5.41, 5.74) is 0.630. The average molecular weight is 305 g/mol. The van der Waals surface area contributed by atoms with Crippen LogP contribution in [0, 0.1) is 11.8 Å². The van der Waals surface area contributed by atoms with Crippen molar-refractivity contribution in [3.8, 4) is 5.75 Å². The van der Waals surface area contributed by atoms with Crippen LogP contribution < -0.4 is 4.74 Å². The van der Waals surface area contributed by atoms with E-state index in [0.717, 1.165) is 19.0 Å². The molecule has 3 atom stereocenters. The van der Waals surface area contributed by atoms with E-state index in [1.165, 1.54) is 13.3 Å². The van der Waals surface area contributed by atoms with Crippen molar-refractivity contribution in [3.05, 3.63) is 29.8 Å². The molecule has 22 heavy (non-hydrogen) atoms. The number of ketones is 1. The van der Waals surface area contributed by atoms with Crippen molar-refractivity contribution in [1.82, 2.24) is 4.90 Å². The van der Waals surface area contributed by atoms with Gasteiger partial charge in [0.1, 0.15) is 18.5 Å². The molecule has 0 aliphatic carbocycles. The second-order valence-electron chi connectivity index (χ2n) is 6.55. The number of benzene rings is 1. The highest BCUT2D eigenvalue weighted by Crippen LogP contribution is 2.22. The summed E-state index contributed by atoms with van der Waals surface area (Å²) in [6, 6.07) is 7.09. The monoisotopic (exact) mass is 305 g/mol. The van der Waals surface area contributed by atoms with E-state index < -0.39 is 6.10 Å². The number of aliphatic hydroxyl groups is 1. The van der Waals surface area contributed by atoms with Crippen molar-refractivity contribution in [2.45, 2.75) is 33.3 Å². The number of hydrogen-bond acceptors (Lipinski definition) is 4. The quantitative estimate of drug-likeness (QED) is 0.821. The third-order valence-corrected chi connectivity index (χ3v) is 4.57. The number of Topliss-reactive ketones (excluding diaryl/α,β-unsaturated/α-hetero) is 1. The summed E-state index contributed by atoms with van der Waals surface area (Å²) < 4.78 is 5.62. The number of hydrogen-bond donors (Lipinski definition) is 1. The number of nitrogens with zero attached hydrogens (tertiary/aromatic N) is 1. The van der Waals surface area contributed by atoms with Crippen LogP contribution in [-0.2, 0) is 0 Å². The van der Waals surface area contributed by atoms with Crippen molar-refractivity contribution in [3.63, 3.8) is 0 Å². The van der Waals surface area contributed by atoms with Gasteiger partial charge in [0.25, 0.3) is 0 Å². The number of carbonyl (C=O) groups excluding carboxylic acids is 1. The summed E-state index contributed by atoms with van der Waals surface area (Å²) in [4.78, 5) is 13.7. The second kappa shape index (κ2) is 7.75. The molecule has 1 N–H and O–H groups in total. The van der Waals surface area contributed by atoms with Crippen molar-refractivity contribution in [2.24, 2.45) is 11.8 Å². The predicted octanol–water partition coefficient (Wildman–Crippen LogP) is 2.61. The van der Waals surface area contributed by atoms with Crippen molar-refractivity contribution < 1.29 is 14.6 Å². The molecule has 0 radical (unpaired) electrons. The van der Waals surface area contributed by atoms with Gasteiger partial charge < -0.3 is 14.7 Å². The zero-order chi connectivity index (χ0) is 16.1. The van der Waals surface area contributed by atoms with Gasteiger partial charge in [-0.1, -0.05) is 26.0 Å². The second-order valence-corrected chi connectivity index (χ2v) is 6.55. The van der Waals surface area contributed by atoms with E-state index >= 15 is 0 Å². The van der Waals surface area contributed by atoms with E-state index in [9.17, 15) is 9.90 Å². The highest BCUT2D eigenvalue weighted by atomic mass is 16.5. The maximum atomic E-state index is 11.3. The van der Waals surface area contributed by atoms with E-state index in [0.29, 0.717) is 23.8 Å². The lowest BCUT2D eigenvalue weighted by Gasteiger charge is -2.36. The fraction of sp³-hybridized carbons (Fsp3) is 0.611. The Kier molecular flexibility index (Phi) is 5.98. The van der Waals surface area contributed by atoms with Gasteiger partial charge in [-0.05, 0) is 43.9 Å². The maximum absolute atomic E-state index is 11.3. The molecule has 0 aromatic heterocycles. The summed E-state index contributed by atoms with van der Waals surface area (Å²) in [5, 5.41) is 10.2. The first-order chi connectivity index (χ1) is 10.5. The summed E-state index contributed by atoms with van der Waals surface area (Å²) in [6.07, 6.45) is 0.677. The molecule has 1 aromatic carbocycles. The molecule has 1 heterocycles. The molecule has 0 amide bonds. The number of piperidine rings is 1. The summed E-state index contributed by atoms with van der Waals surface area (Å²) in [6.45, 7) is 9.08. The Hall–Kier alpha value is -1.39. The Labute approximate surface area is 133 Å². The molecule has 0 saturated carbocycles. The van der Waals surface area contributed by atoms with Crippen LogP contribution in [0.25, 0.3) is 0 Å². The first-order valence-corrected chi connectivity index (χ1v) is 8.10. The van der Waals surface area contributed by atoms with Gasteiger partial charge in [-0.2, -0.15) is 0 Å². The lowest BCUT2D eigenvalue weighted by molar-refractivity contribution is 0.0436. The SMILES string of the molecule is CC(=O)c1cccc(OCC(O)CN2CCC(C)C(C)C2)c1. The van der Waals surface area contributed by atoms with Gasteiger partial charge in [0, 0.05) is 18.7 Å². The van der Waals surface area contributed by atoms with Crippen LogP contribution in [0.1, 0.15) is 37.6 Å². The third-order valence-electron chi connectivity index (χ3n) is 4.57. The van der Waals surface area contributed by atoms with Crippen LogP contribution in [0.15, 0.2) is 24.3 Å². The van der Waals surface area contributed by atoms with Gasteiger partial charge in [-0.15, -0.1) is 0 Å². The minimum atomic E-state index is -0.512. The van der Waals surface area contributed by atoms with Crippen LogP contribution >= 0.6 is 0 Å². The van der Waals surface area contributed by atoms with E-state index in [1.807, 2.05) is 6.07 Å². The molecular weight excluding hydrogens is 278 g/mol. The molecule has 1 saturated heterocycles. The Morgan fingerprint density at radius 1 is 1.41 bits per heavy atom. The zero-order valence-corrected chi connectivity index (χ0v) is 13.8. The van der Waals surface area contributed by atoms with E-state index in [4.69, 9.17) is 4.74 Å². The topological polar surface area (TPSA) is 49.8 Å². The van der Waals surface area contributed by atoms with E-state index in [-0.39, 0.29) is 12.4 Å². The normalized spacial score (nSPS) is 24.0. The number of likely N-dealkylation sites (tertiary alicyclic amines) is 1. The van der Waals surface area contributed by atoms with Crippen LogP contribution in [0.3, 0.4) is 0 Å². The summed E-state index contributed by atoms with van der Waals surface area (Å²) >= 11 is 0. The summed E-state index contributed by atoms with van der Waals surface area (Å²) in [5.74, 6) is 2.09. The first-order valence-electron chi connectivity index (χ1n) is 8.10. The lowest BCUT2D eigenvalue weighted by atomic mass is 9.88. The van der Waals surface area contributed by atoms with Gasteiger partial charge in [-0.25, -0.2) is 0 Å². The molecule has 3 unspecified atom stereocenters. The molecule has 1 aliphatic heterocycles. The third kappa shape index (κ3) is 4.82. The predicted molar refractivity (Wildman–Crippen MR) is 87.3 cm³/mol. The minimum Gasteiger partial charge on any atom is -0.491 e. The van der Waals surface area contributed by atoms with Gasteiger partial charge in [0.2, 0.25) is 0 Å². The molecule has 4 heteroatoms.